The summed E-state index contributed by atoms with van der Waals surface area (Å²) in [6.07, 6.45) is 0.907. The molecular formula is C11H13NO2. The van der Waals surface area contributed by atoms with Crippen LogP contribution in [0.2, 0.25) is 0 Å². The number of rotatable bonds is 1. The molecule has 2 rings (SSSR count). The van der Waals surface area contributed by atoms with Crippen LogP contribution in [0.25, 0.3) is 0 Å². The maximum atomic E-state index is 11.4. The monoisotopic (exact) mass is 191 g/mol. The lowest BCUT2D eigenvalue weighted by atomic mass is 10.1. The van der Waals surface area contributed by atoms with Crippen LogP contribution in [0.1, 0.15) is 12.5 Å². The number of fused-ring (bicyclic) bond motifs is 1. The molecule has 14 heavy (non-hydrogen) atoms. The van der Waals surface area contributed by atoms with Crippen LogP contribution in [0.5, 0.6) is 5.75 Å². The molecule has 1 aliphatic heterocycles. The van der Waals surface area contributed by atoms with E-state index in [0.29, 0.717) is 0 Å². The van der Waals surface area contributed by atoms with Gasteiger partial charge in [0.2, 0.25) is 0 Å². The Labute approximate surface area is 83.3 Å². The van der Waals surface area contributed by atoms with E-state index in [2.05, 4.69) is 6.92 Å². The van der Waals surface area contributed by atoms with E-state index in [1.54, 1.807) is 11.9 Å². The summed E-state index contributed by atoms with van der Waals surface area (Å²) in [6.45, 7) is 2.22. The number of ether oxygens (including phenoxy) is 1. The lowest BCUT2D eigenvalue weighted by molar-refractivity contribution is -0.121. The van der Waals surface area contributed by atoms with Crippen molar-refractivity contribution in [1.82, 2.24) is 0 Å². The number of likely N-dealkylation sites (N-methyl/N-ethyl adjacent to an activating group) is 1. The Morgan fingerprint density at radius 1 is 1.50 bits per heavy atom. The third-order valence-corrected chi connectivity index (χ3v) is 2.52. The van der Waals surface area contributed by atoms with Crippen LogP contribution in [-0.4, -0.2) is 19.6 Å². The number of hydrogen-bond acceptors (Lipinski definition) is 2. The number of benzene rings is 1. The van der Waals surface area contributed by atoms with Gasteiger partial charge in [0.25, 0.3) is 5.91 Å². The molecule has 0 aliphatic carbocycles. The maximum Gasteiger partial charge on any atom is 0.264 e. The standard InChI is InChI=1S/C11H13NO2/c1-3-8-5-4-6-9-11(8)12(2)10(13)7-14-9/h4-6H,3,7H2,1-2H3. The van der Waals surface area contributed by atoms with Crippen molar-refractivity contribution in [3.63, 3.8) is 0 Å². The van der Waals surface area contributed by atoms with Crippen LogP contribution >= 0.6 is 0 Å². The van der Waals surface area contributed by atoms with Crippen LogP contribution in [0.4, 0.5) is 5.69 Å². The van der Waals surface area contributed by atoms with Crippen molar-refractivity contribution >= 4 is 11.6 Å². The molecule has 1 aromatic rings. The Balaban J connectivity index is 2.55. The molecule has 0 saturated heterocycles. The van der Waals surface area contributed by atoms with Gasteiger partial charge in [-0.25, -0.2) is 0 Å². The van der Waals surface area contributed by atoms with Gasteiger partial charge in [-0.15, -0.1) is 0 Å². The van der Waals surface area contributed by atoms with E-state index in [4.69, 9.17) is 4.74 Å². The number of aryl methyl sites for hydroxylation is 1. The predicted octanol–water partition coefficient (Wildman–Crippen LogP) is 1.60. The van der Waals surface area contributed by atoms with E-state index in [0.717, 1.165) is 23.4 Å². The van der Waals surface area contributed by atoms with Crippen LogP contribution in [0, 0.1) is 0 Å². The second kappa shape index (κ2) is 3.33. The van der Waals surface area contributed by atoms with E-state index in [9.17, 15) is 4.79 Å². The van der Waals surface area contributed by atoms with Crippen molar-refractivity contribution < 1.29 is 9.53 Å². The van der Waals surface area contributed by atoms with E-state index in [1.807, 2.05) is 18.2 Å². The molecule has 74 valence electrons. The summed E-state index contributed by atoms with van der Waals surface area (Å²) in [5.74, 6) is 0.824. The fraction of sp³-hybridized carbons (Fsp3) is 0.364. The van der Waals surface area contributed by atoms with Crippen molar-refractivity contribution in [3.8, 4) is 5.75 Å². The van der Waals surface area contributed by atoms with Gasteiger partial charge in [-0.1, -0.05) is 19.1 Å². The van der Waals surface area contributed by atoms with Gasteiger partial charge in [0.05, 0.1) is 5.69 Å². The summed E-state index contributed by atoms with van der Waals surface area (Å²) in [4.78, 5) is 13.1. The molecule has 0 fully saturated rings. The lowest BCUT2D eigenvalue weighted by Crippen LogP contribution is -2.36. The molecule has 1 aliphatic rings. The van der Waals surface area contributed by atoms with E-state index in [1.165, 1.54) is 0 Å². The number of anilines is 1. The molecule has 0 spiro atoms. The lowest BCUT2D eigenvalue weighted by Gasteiger charge is -2.27. The molecule has 3 nitrogen and oxygen atoms in total. The average molecular weight is 191 g/mol. The Kier molecular flexibility index (Phi) is 2.15. The summed E-state index contributed by atoms with van der Waals surface area (Å²) in [7, 11) is 1.79. The van der Waals surface area contributed by atoms with Gasteiger partial charge in [0.1, 0.15) is 5.75 Å². The molecule has 0 saturated carbocycles. The minimum atomic E-state index is 0.0124. The number of nitrogens with zero attached hydrogens (tertiary/aromatic N) is 1. The fourth-order valence-corrected chi connectivity index (χ4v) is 1.71. The molecule has 0 N–H and O–H groups in total. The highest BCUT2D eigenvalue weighted by molar-refractivity contribution is 5.98. The molecule has 0 aromatic heterocycles. The van der Waals surface area contributed by atoms with Crippen LogP contribution in [0.3, 0.4) is 0 Å². The predicted molar refractivity (Wildman–Crippen MR) is 54.7 cm³/mol. The van der Waals surface area contributed by atoms with E-state index < -0.39 is 0 Å². The van der Waals surface area contributed by atoms with Crippen LogP contribution in [-0.2, 0) is 11.2 Å². The average Bonchev–Trinajstić information content (AvgIpc) is 2.23. The third-order valence-electron chi connectivity index (χ3n) is 2.52. The number of amides is 1. The molecule has 1 aromatic carbocycles. The van der Waals surface area contributed by atoms with Gasteiger partial charge in [-0.2, -0.15) is 0 Å². The number of carbonyl (C=O) groups excluding carboxylic acids is 1. The molecule has 1 amide bonds. The third kappa shape index (κ3) is 1.25. The summed E-state index contributed by atoms with van der Waals surface area (Å²) in [5.41, 5.74) is 2.07. The summed E-state index contributed by atoms with van der Waals surface area (Å²) in [5, 5.41) is 0. The minimum absolute atomic E-state index is 0.0124. The normalized spacial score (nSPS) is 15.0. The number of para-hydroxylation sites is 1. The van der Waals surface area contributed by atoms with E-state index in [-0.39, 0.29) is 12.5 Å². The smallest absolute Gasteiger partial charge is 0.264 e. The second-order valence-electron chi connectivity index (χ2n) is 3.36. The highest BCUT2D eigenvalue weighted by atomic mass is 16.5. The number of hydrogen-bond donors (Lipinski definition) is 0. The SMILES string of the molecule is CCc1cccc2c1N(C)C(=O)CO2. The first-order chi connectivity index (χ1) is 6.74. The zero-order valence-electron chi connectivity index (χ0n) is 8.41. The first kappa shape index (κ1) is 9.06. The highest BCUT2D eigenvalue weighted by Gasteiger charge is 2.23. The zero-order chi connectivity index (χ0) is 10.1. The van der Waals surface area contributed by atoms with Crippen molar-refractivity contribution in [3.05, 3.63) is 23.8 Å². The highest BCUT2D eigenvalue weighted by Crippen LogP contribution is 2.34. The Morgan fingerprint density at radius 2 is 2.29 bits per heavy atom. The van der Waals surface area contributed by atoms with Crippen molar-refractivity contribution in [2.24, 2.45) is 0 Å². The number of carbonyl (C=O) groups is 1. The minimum Gasteiger partial charge on any atom is -0.482 e. The molecule has 3 heteroatoms. The summed E-state index contributed by atoms with van der Waals surface area (Å²) >= 11 is 0. The topological polar surface area (TPSA) is 29.5 Å². The second-order valence-corrected chi connectivity index (χ2v) is 3.36. The Bertz CT molecular complexity index is 359. The van der Waals surface area contributed by atoms with Gasteiger partial charge in [0.15, 0.2) is 6.61 Å². The molecule has 0 unspecified atom stereocenters. The van der Waals surface area contributed by atoms with Crippen molar-refractivity contribution in [1.29, 1.82) is 0 Å². The summed E-state index contributed by atoms with van der Waals surface area (Å²) in [6, 6.07) is 5.88. The van der Waals surface area contributed by atoms with Gasteiger partial charge >= 0.3 is 0 Å². The summed E-state index contributed by atoms with van der Waals surface area (Å²) < 4.78 is 5.36. The van der Waals surface area contributed by atoms with Crippen LogP contribution in [0.15, 0.2) is 18.2 Å². The largest absolute Gasteiger partial charge is 0.482 e. The van der Waals surface area contributed by atoms with Gasteiger partial charge in [0, 0.05) is 7.05 Å². The molecule has 0 bridgehead atoms. The van der Waals surface area contributed by atoms with Crippen molar-refractivity contribution in [2.45, 2.75) is 13.3 Å². The van der Waals surface area contributed by atoms with E-state index >= 15 is 0 Å². The van der Waals surface area contributed by atoms with Gasteiger partial charge in [-0.3, -0.25) is 4.79 Å². The maximum absolute atomic E-state index is 11.4. The zero-order valence-corrected chi connectivity index (χ0v) is 8.41. The molecule has 0 radical (unpaired) electrons. The first-order valence-corrected chi connectivity index (χ1v) is 4.75. The molecule has 1 heterocycles. The Hall–Kier alpha value is -1.51. The van der Waals surface area contributed by atoms with Gasteiger partial charge < -0.3 is 9.64 Å². The molecular weight excluding hydrogens is 178 g/mol. The van der Waals surface area contributed by atoms with Gasteiger partial charge in [-0.05, 0) is 18.1 Å². The molecule has 0 atom stereocenters. The quantitative estimate of drug-likeness (QED) is 0.674. The first-order valence-electron chi connectivity index (χ1n) is 4.75. The Morgan fingerprint density at radius 3 is 3.00 bits per heavy atom. The fourth-order valence-electron chi connectivity index (χ4n) is 1.71. The van der Waals surface area contributed by atoms with Crippen LogP contribution < -0.4 is 9.64 Å². The van der Waals surface area contributed by atoms with Crippen molar-refractivity contribution in [2.75, 3.05) is 18.6 Å².